The Morgan fingerprint density at radius 3 is 2.54 bits per heavy atom. The monoisotopic (exact) mass is 244 g/mol. The number of benzene rings is 1. The van der Waals surface area contributed by atoms with Gasteiger partial charge in [0.15, 0.2) is 0 Å². The first kappa shape index (κ1) is 10.4. The van der Waals surface area contributed by atoms with E-state index in [9.17, 15) is 4.39 Å². The van der Waals surface area contributed by atoms with Crippen LogP contribution in [0.1, 0.15) is 5.56 Å². The SMILES string of the molecule is OC(/C=C/c1ccc(F)cc1)CBr. The Morgan fingerprint density at radius 1 is 1.38 bits per heavy atom. The molecule has 0 aliphatic carbocycles. The van der Waals surface area contributed by atoms with Gasteiger partial charge >= 0.3 is 0 Å². The average molecular weight is 245 g/mol. The van der Waals surface area contributed by atoms with Crippen LogP contribution in [-0.4, -0.2) is 16.5 Å². The largest absolute Gasteiger partial charge is 0.388 e. The average Bonchev–Trinajstić information content (AvgIpc) is 2.16. The third-order valence-electron chi connectivity index (χ3n) is 1.54. The van der Waals surface area contributed by atoms with Gasteiger partial charge < -0.3 is 5.11 Å². The van der Waals surface area contributed by atoms with Gasteiger partial charge in [0.2, 0.25) is 0 Å². The van der Waals surface area contributed by atoms with Gasteiger partial charge in [-0.1, -0.05) is 40.2 Å². The van der Waals surface area contributed by atoms with Crippen molar-refractivity contribution in [3.63, 3.8) is 0 Å². The third kappa shape index (κ3) is 3.70. The van der Waals surface area contributed by atoms with Crippen LogP contribution in [0.15, 0.2) is 30.3 Å². The van der Waals surface area contributed by atoms with E-state index in [-0.39, 0.29) is 5.82 Å². The number of alkyl halides is 1. The van der Waals surface area contributed by atoms with E-state index in [1.807, 2.05) is 0 Å². The summed E-state index contributed by atoms with van der Waals surface area (Å²) in [6.07, 6.45) is 2.91. The molecule has 0 bridgehead atoms. The first-order valence-electron chi connectivity index (χ1n) is 3.90. The maximum atomic E-state index is 12.5. The number of rotatable bonds is 3. The Kier molecular flexibility index (Phi) is 4.12. The predicted molar refractivity (Wildman–Crippen MR) is 55.2 cm³/mol. The fourth-order valence-corrected chi connectivity index (χ4v) is 1.06. The van der Waals surface area contributed by atoms with Crippen molar-refractivity contribution in [3.05, 3.63) is 41.7 Å². The van der Waals surface area contributed by atoms with Gasteiger partial charge in [0.25, 0.3) is 0 Å². The number of hydrogen-bond acceptors (Lipinski definition) is 1. The lowest BCUT2D eigenvalue weighted by atomic mass is 10.2. The summed E-state index contributed by atoms with van der Waals surface area (Å²) in [7, 11) is 0. The molecule has 0 aromatic heterocycles. The number of halogens is 2. The van der Waals surface area contributed by atoms with Gasteiger partial charge in [-0.25, -0.2) is 4.39 Å². The maximum Gasteiger partial charge on any atom is 0.123 e. The van der Waals surface area contributed by atoms with Crippen LogP contribution >= 0.6 is 15.9 Å². The van der Waals surface area contributed by atoms with E-state index in [0.29, 0.717) is 5.33 Å². The van der Waals surface area contributed by atoms with E-state index < -0.39 is 6.10 Å². The maximum absolute atomic E-state index is 12.5. The number of aliphatic hydroxyl groups excluding tert-OH is 1. The minimum Gasteiger partial charge on any atom is -0.388 e. The molecule has 0 aliphatic heterocycles. The fraction of sp³-hybridized carbons (Fsp3) is 0.200. The molecule has 1 rings (SSSR count). The molecular weight excluding hydrogens is 235 g/mol. The zero-order valence-corrected chi connectivity index (χ0v) is 8.54. The minimum absolute atomic E-state index is 0.252. The molecule has 3 heteroatoms. The molecule has 1 unspecified atom stereocenters. The molecule has 1 nitrogen and oxygen atoms in total. The van der Waals surface area contributed by atoms with Crippen LogP contribution < -0.4 is 0 Å². The van der Waals surface area contributed by atoms with Crippen LogP contribution in [0.4, 0.5) is 4.39 Å². The molecule has 0 heterocycles. The van der Waals surface area contributed by atoms with Gasteiger partial charge in [-0.3, -0.25) is 0 Å². The second kappa shape index (κ2) is 5.14. The van der Waals surface area contributed by atoms with E-state index in [1.54, 1.807) is 24.3 Å². The molecule has 70 valence electrons. The van der Waals surface area contributed by atoms with Crippen molar-refractivity contribution >= 4 is 22.0 Å². The molecule has 0 radical (unpaired) electrons. The van der Waals surface area contributed by atoms with E-state index in [2.05, 4.69) is 15.9 Å². The number of hydrogen-bond donors (Lipinski definition) is 1. The van der Waals surface area contributed by atoms with E-state index >= 15 is 0 Å². The van der Waals surface area contributed by atoms with Crippen LogP contribution in [0.25, 0.3) is 6.08 Å². The highest BCUT2D eigenvalue weighted by atomic mass is 79.9. The van der Waals surface area contributed by atoms with Crippen molar-refractivity contribution in [3.8, 4) is 0 Å². The van der Waals surface area contributed by atoms with Crippen molar-refractivity contribution in [1.82, 2.24) is 0 Å². The fourth-order valence-electron chi connectivity index (χ4n) is 0.848. The summed E-state index contributed by atoms with van der Waals surface area (Å²) in [5.41, 5.74) is 0.876. The lowest BCUT2D eigenvalue weighted by molar-refractivity contribution is 0.251. The highest BCUT2D eigenvalue weighted by Crippen LogP contribution is 2.05. The zero-order valence-electron chi connectivity index (χ0n) is 6.95. The highest BCUT2D eigenvalue weighted by molar-refractivity contribution is 9.09. The second-order valence-corrected chi connectivity index (χ2v) is 3.28. The summed E-state index contributed by atoms with van der Waals surface area (Å²) in [5, 5.41) is 9.67. The van der Waals surface area contributed by atoms with Gasteiger partial charge in [0.05, 0.1) is 6.10 Å². The molecule has 0 fully saturated rings. The van der Waals surface area contributed by atoms with Gasteiger partial charge in [-0.05, 0) is 17.7 Å². The molecular formula is C10H10BrFO. The van der Waals surface area contributed by atoms with E-state index in [4.69, 9.17) is 5.11 Å². The molecule has 1 atom stereocenters. The molecule has 0 aliphatic rings. The summed E-state index contributed by atoms with van der Waals surface area (Å²) in [5.74, 6) is -0.252. The molecule has 1 aromatic carbocycles. The first-order valence-corrected chi connectivity index (χ1v) is 5.02. The summed E-state index contributed by atoms with van der Waals surface area (Å²) >= 11 is 3.14. The molecule has 1 N–H and O–H groups in total. The lowest BCUT2D eigenvalue weighted by Crippen LogP contribution is -2.01. The van der Waals surface area contributed by atoms with Crippen LogP contribution in [0.2, 0.25) is 0 Å². The Hall–Kier alpha value is -0.670. The Labute approximate surface area is 85.0 Å². The van der Waals surface area contributed by atoms with Crippen molar-refractivity contribution in [2.45, 2.75) is 6.10 Å². The third-order valence-corrected chi connectivity index (χ3v) is 2.20. The lowest BCUT2D eigenvalue weighted by Gasteiger charge is -1.97. The normalized spacial score (nSPS) is 13.5. The summed E-state index contributed by atoms with van der Waals surface area (Å²) in [6, 6.07) is 6.10. The van der Waals surface area contributed by atoms with E-state index in [1.165, 1.54) is 12.1 Å². The van der Waals surface area contributed by atoms with Crippen LogP contribution in [-0.2, 0) is 0 Å². The molecule has 1 aromatic rings. The van der Waals surface area contributed by atoms with Crippen LogP contribution in [0, 0.1) is 5.82 Å². The summed E-state index contributed by atoms with van der Waals surface area (Å²) in [4.78, 5) is 0. The standard InChI is InChI=1S/C10H10BrFO/c11-7-10(13)6-3-8-1-4-9(12)5-2-8/h1-6,10,13H,7H2/b6-3+. The molecule has 0 saturated carbocycles. The Balaban J connectivity index is 2.64. The number of aliphatic hydroxyl groups is 1. The van der Waals surface area contributed by atoms with Crippen LogP contribution in [0.3, 0.4) is 0 Å². The Morgan fingerprint density at radius 2 is 2.00 bits per heavy atom. The van der Waals surface area contributed by atoms with Crippen molar-refractivity contribution in [2.24, 2.45) is 0 Å². The van der Waals surface area contributed by atoms with Crippen LogP contribution in [0.5, 0.6) is 0 Å². The smallest absolute Gasteiger partial charge is 0.123 e. The first-order chi connectivity index (χ1) is 6.22. The molecule has 0 amide bonds. The predicted octanol–water partition coefficient (Wildman–Crippen LogP) is 2.59. The van der Waals surface area contributed by atoms with Gasteiger partial charge in [0, 0.05) is 5.33 Å². The molecule has 0 spiro atoms. The highest BCUT2D eigenvalue weighted by Gasteiger charge is 1.94. The topological polar surface area (TPSA) is 20.2 Å². The second-order valence-electron chi connectivity index (χ2n) is 2.63. The van der Waals surface area contributed by atoms with E-state index in [0.717, 1.165) is 5.56 Å². The zero-order chi connectivity index (χ0) is 9.68. The van der Waals surface area contributed by atoms with Gasteiger partial charge in [0.1, 0.15) is 5.82 Å². The molecule has 13 heavy (non-hydrogen) atoms. The van der Waals surface area contributed by atoms with Crippen molar-refractivity contribution in [2.75, 3.05) is 5.33 Å². The van der Waals surface area contributed by atoms with Gasteiger partial charge in [-0.15, -0.1) is 0 Å². The Bertz CT molecular complexity index is 281. The minimum atomic E-state index is -0.495. The summed E-state index contributed by atoms with van der Waals surface area (Å²) < 4.78 is 12.5. The van der Waals surface area contributed by atoms with Crippen molar-refractivity contribution < 1.29 is 9.50 Å². The molecule has 0 saturated heterocycles. The van der Waals surface area contributed by atoms with Crippen molar-refractivity contribution in [1.29, 1.82) is 0 Å². The quantitative estimate of drug-likeness (QED) is 0.811. The van der Waals surface area contributed by atoms with Gasteiger partial charge in [-0.2, -0.15) is 0 Å². The summed E-state index contributed by atoms with van der Waals surface area (Å²) in [6.45, 7) is 0.